The van der Waals surface area contributed by atoms with Crippen molar-refractivity contribution in [1.29, 1.82) is 0 Å². The van der Waals surface area contributed by atoms with Crippen molar-refractivity contribution >= 4 is 22.7 Å². The van der Waals surface area contributed by atoms with E-state index in [9.17, 15) is 9.59 Å². The molecule has 4 nitrogen and oxygen atoms in total. The Morgan fingerprint density at radius 3 is 2.32 bits per heavy atom. The standard InChI is InChI=1S/C30H36N2O2/c1-21-9-8-12-23(17-21)24-15-16-28-27(18-24)25(19-29(33)31-26-13-6-3-7-14-26)20-32(28)30(34)22-10-4-2-5-11-22/h8-9,12,15-18,20,22,26H,2-7,10-11,13-14,19H2,1H3,(H,31,33). The number of nitrogens with one attached hydrogen (secondary N) is 1. The molecule has 2 aliphatic carbocycles. The number of nitrogens with zero attached hydrogens (tertiary/aromatic N) is 1. The summed E-state index contributed by atoms with van der Waals surface area (Å²) in [5.74, 6) is 0.341. The number of amides is 1. The van der Waals surface area contributed by atoms with E-state index < -0.39 is 0 Å². The molecule has 0 unspecified atom stereocenters. The van der Waals surface area contributed by atoms with Crippen molar-refractivity contribution in [3.63, 3.8) is 0 Å². The van der Waals surface area contributed by atoms with Crippen molar-refractivity contribution in [3.05, 3.63) is 59.8 Å². The van der Waals surface area contributed by atoms with Crippen LogP contribution in [0.2, 0.25) is 0 Å². The Morgan fingerprint density at radius 1 is 0.882 bits per heavy atom. The van der Waals surface area contributed by atoms with Crippen LogP contribution in [0.25, 0.3) is 22.0 Å². The van der Waals surface area contributed by atoms with Crippen LogP contribution < -0.4 is 5.32 Å². The third-order valence-corrected chi connectivity index (χ3v) is 7.75. The molecular weight excluding hydrogens is 420 g/mol. The zero-order valence-corrected chi connectivity index (χ0v) is 20.3. The molecule has 0 atom stereocenters. The average molecular weight is 457 g/mol. The van der Waals surface area contributed by atoms with Gasteiger partial charge in [0, 0.05) is 23.5 Å². The van der Waals surface area contributed by atoms with Gasteiger partial charge in [-0.25, -0.2) is 0 Å². The predicted molar refractivity (Wildman–Crippen MR) is 138 cm³/mol. The lowest BCUT2D eigenvalue weighted by Gasteiger charge is -2.22. The Morgan fingerprint density at radius 2 is 1.59 bits per heavy atom. The summed E-state index contributed by atoms with van der Waals surface area (Å²) < 4.78 is 1.84. The van der Waals surface area contributed by atoms with Gasteiger partial charge >= 0.3 is 0 Å². The van der Waals surface area contributed by atoms with E-state index in [-0.39, 0.29) is 17.7 Å². The topological polar surface area (TPSA) is 51.1 Å². The fourth-order valence-corrected chi connectivity index (χ4v) is 5.87. The number of carbonyl (C=O) groups is 2. The van der Waals surface area contributed by atoms with Crippen LogP contribution >= 0.6 is 0 Å². The van der Waals surface area contributed by atoms with E-state index in [0.29, 0.717) is 12.5 Å². The van der Waals surface area contributed by atoms with Crippen LogP contribution in [0.15, 0.2) is 48.7 Å². The maximum Gasteiger partial charge on any atom is 0.234 e. The number of rotatable bonds is 5. The van der Waals surface area contributed by atoms with Crippen molar-refractivity contribution in [1.82, 2.24) is 9.88 Å². The Bertz CT molecular complexity index is 1180. The molecule has 1 N–H and O–H groups in total. The second kappa shape index (κ2) is 10.2. The lowest BCUT2D eigenvalue weighted by molar-refractivity contribution is -0.121. The molecule has 3 aromatic rings. The molecule has 5 rings (SSSR count). The molecule has 0 radical (unpaired) electrons. The highest BCUT2D eigenvalue weighted by Crippen LogP contribution is 2.32. The first kappa shape index (κ1) is 22.9. The molecule has 1 aromatic heterocycles. The van der Waals surface area contributed by atoms with Gasteiger partial charge in [0.2, 0.25) is 11.8 Å². The van der Waals surface area contributed by atoms with Crippen LogP contribution in [-0.2, 0) is 11.2 Å². The lowest BCUT2D eigenvalue weighted by atomic mass is 9.88. The molecule has 2 saturated carbocycles. The highest BCUT2D eigenvalue weighted by Gasteiger charge is 2.25. The molecule has 1 heterocycles. The molecule has 0 saturated heterocycles. The van der Waals surface area contributed by atoms with E-state index in [0.717, 1.165) is 66.1 Å². The van der Waals surface area contributed by atoms with Crippen molar-refractivity contribution in [2.75, 3.05) is 0 Å². The Kier molecular flexibility index (Phi) is 6.85. The van der Waals surface area contributed by atoms with Crippen molar-refractivity contribution < 1.29 is 9.59 Å². The molecule has 0 spiro atoms. The zero-order valence-electron chi connectivity index (χ0n) is 20.3. The van der Waals surface area contributed by atoms with Crippen molar-refractivity contribution in [2.45, 2.75) is 83.6 Å². The Hall–Kier alpha value is -2.88. The number of fused-ring (bicyclic) bond motifs is 1. The monoisotopic (exact) mass is 456 g/mol. The number of aryl methyl sites for hydroxylation is 1. The summed E-state index contributed by atoms with van der Waals surface area (Å²) >= 11 is 0. The van der Waals surface area contributed by atoms with Crippen LogP contribution in [0.3, 0.4) is 0 Å². The summed E-state index contributed by atoms with van der Waals surface area (Å²) in [4.78, 5) is 26.5. The molecule has 2 aromatic carbocycles. The lowest BCUT2D eigenvalue weighted by Crippen LogP contribution is -2.37. The molecule has 2 aliphatic rings. The first-order chi connectivity index (χ1) is 16.6. The third kappa shape index (κ3) is 4.96. The Labute approximate surface area is 202 Å². The molecule has 178 valence electrons. The fraction of sp³-hybridized carbons (Fsp3) is 0.467. The van der Waals surface area contributed by atoms with E-state index in [1.54, 1.807) is 0 Å². The van der Waals surface area contributed by atoms with Gasteiger partial charge in [-0.2, -0.15) is 0 Å². The molecule has 0 bridgehead atoms. The maximum atomic E-state index is 13.5. The van der Waals surface area contributed by atoms with E-state index in [2.05, 4.69) is 54.7 Å². The van der Waals surface area contributed by atoms with Gasteiger partial charge < -0.3 is 5.32 Å². The first-order valence-corrected chi connectivity index (χ1v) is 13.1. The molecule has 0 aliphatic heterocycles. The normalized spacial score (nSPS) is 17.7. The number of carbonyl (C=O) groups excluding carboxylic acids is 2. The van der Waals surface area contributed by atoms with Gasteiger partial charge in [-0.3, -0.25) is 14.2 Å². The highest BCUT2D eigenvalue weighted by molar-refractivity contribution is 5.99. The maximum absolute atomic E-state index is 13.5. The van der Waals surface area contributed by atoms with Gasteiger partial charge in [-0.1, -0.05) is 74.4 Å². The number of aromatic nitrogens is 1. The van der Waals surface area contributed by atoms with Crippen molar-refractivity contribution in [3.8, 4) is 11.1 Å². The summed E-state index contributed by atoms with van der Waals surface area (Å²) in [6.07, 6.45) is 13.5. The average Bonchev–Trinajstić information content (AvgIpc) is 3.22. The third-order valence-electron chi connectivity index (χ3n) is 7.75. The van der Waals surface area contributed by atoms with Gasteiger partial charge in [-0.05, 0) is 61.4 Å². The van der Waals surface area contributed by atoms with Gasteiger partial charge in [0.15, 0.2) is 0 Å². The van der Waals surface area contributed by atoms with Crippen LogP contribution in [0.4, 0.5) is 0 Å². The van der Waals surface area contributed by atoms with Gasteiger partial charge in [0.1, 0.15) is 0 Å². The second-order valence-electron chi connectivity index (χ2n) is 10.4. The minimum atomic E-state index is 0.0667. The van der Waals surface area contributed by atoms with E-state index in [1.807, 2.05) is 10.8 Å². The number of hydrogen-bond donors (Lipinski definition) is 1. The van der Waals surface area contributed by atoms with E-state index in [1.165, 1.54) is 31.2 Å². The van der Waals surface area contributed by atoms with Crippen LogP contribution in [-0.4, -0.2) is 22.4 Å². The quantitative estimate of drug-likeness (QED) is 0.457. The second-order valence-corrected chi connectivity index (χ2v) is 10.4. The zero-order chi connectivity index (χ0) is 23.5. The number of benzene rings is 2. The van der Waals surface area contributed by atoms with Crippen LogP contribution in [0, 0.1) is 12.8 Å². The van der Waals surface area contributed by atoms with Crippen LogP contribution in [0.5, 0.6) is 0 Å². The summed E-state index contributed by atoms with van der Waals surface area (Å²) in [5.41, 5.74) is 5.36. The summed E-state index contributed by atoms with van der Waals surface area (Å²) in [6, 6.07) is 15.1. The molecule has 1 amide bonds. The largest absolute Gasteiger partial charge is 0.353 e. The van der Waals surface area contributed by atoms with Crippen LogP contribution in [0.1, 0.15) is 80.1 Å². The smallest absolute Gasteiger partial charge is 0.234 e. The fourth-order valence-electron chi connectivity index (χ4n) is 5.87. The number of hydrogen-bond acceptors (Lipinski definition) is 2. The summed E-state index contributed by atoms with van der Waals surface area (Å²) in [6.45, 7) is 2.10. The van der Waals surface area contributed by atoms with Gasteiger partial charge in [-0.15, -0.1) is 0 Å². The van der Waals surface area contributed by atoms with Crippen molar-refractivity contribution in [2.24, 2.45) is 5.92 Å². The van der Waals surface area contributed by atoms with Gasteiger partial charge in [0.25, 0.3) is 0 Å². The summed E-state index contributed by atoms with van der Waals surface area (Å²) in [7, 11) is 0. The minimum Gasteiger partial charge on any atom is -0.353 e. The highest BCUT2D eigenvalue weighted by atomic mass is 16.2. The SMILES string of the molecule is Cc1cccc(-c2ccc3c(c2)c(CC(=O)NC2CCCCC2)cn3C(=O)C2CCCCC2)c1. The summed E-state index contributed by atoms with van der Waals surface area (Å²) in [5, 5.41) is 4.27. The van der Waals surface area contributed by atoms with Gasteiger partial charge in [0.05, 0.1) is 11.9 Å². The minimum absolute atomic E-state index is 0.0667. The van der Waals surface area contributed by atoms with E-state index >= 15 is 0 Å². The molecular formula is C30H36N2O2. The Balaban J connectivity index is 1.49. The molecule has 34 heavy (non-hydrogen) atoms. The predicted octanol–water partition coefficient (Wildman–Crippen LogP) is 6.83. The van der Waals surface area contributed by atoms with E-state index in [4.69, 9.17) is 0 Å². The molecule has 2 fully saturated rings. The molecule has 4 heteroatoms. The first-order valence-electron chi connectivity index (χ1n) is 13.1.